The molecule has 154 valence electrons. The molecule has 3 atom stereocenters. The number of nitrogens with zero attached hydrogens (tertiary/aromatic N) is 2. The van der Waals surface area contributed by atoms with Gasteiger partial charge in [0.2, 0.25) is 5.91 Å². The quantitative estimate of drug-likeness (QED) is 0.721. The van der Waals surface area contributed by atoms with E-state index in [1.165, 1.54) is 6.92 Å². The Labute approximate surface area is 163 Å². The summed E-state index contributed by atoms with van der Waals surface area (Å²) in [4.78, 5) is 40.6. The van der Waals surface area contributed by atoms with Crippen LogP contribution in [0.4, 0.5) is 13.6 Å². The van der Waals surface area contributed by atoms with Gasteiger partial charge in [0, 0.05) is 17.6 Å². The smallest absolute Gasteiger partial charge is 0.325 e. The average molecular weight is 395 g/mol. The summed E-state index contributed by atoms with van der Waals surface area (Å²) < 4.78 is 27.8. The van der Waals surface area contributed by atoms with Crippen LogP contribution < -0.4 is 5.32 Å². The van der Waals surface area contributed by atoms with Crippen LogP contribution in [0.1, 0.15) is 53.0 Å². The van der Waals surface area contributed by atoms with Gasteiger partial charge in [-0.25, -0.2) is 13.6 Å². The van der Waals surface area contributed by atoms with Crippen LogP contribution in [0.25, 0.3) is 0 Å². The highest BCUT2D eigenvalue weighted by Crippen LogP contribution is 2.31. The second-order valence-electron chi connectivity index (χ2n) is 7.39. The minimum Gasteiger partial charge on any atom is -0.336 e. The Hall–Kier alpha value is -2.51. The van der Waals surface area contributed by atoms with E-state index in [-0.39, 0.29) is 23.6 Å². The van der Waals surface area contributed by atoms with E-state index in [9.17, 15) is 23.2 Å². The molecule has 0 radical (unpaired) electrons. The largest absolute Gasteiger partial charge is 0.336 e. The molecular weight excluding hydrogens is 368 g/mol. The van der Waals surface area contributed by atoms with Gasteiger partial charge in [-0.15, -0.1) is 0 Å². The fourth-order valence-corrected chi connectivity index (χ4v) is 3.44. The van der Waals surface area contributed by atoms with Crippen LogP contribution in [0.5, 0.6) is 0 Å². The third-order valence-electron chi connectivity index (χ3n) is 5.45. The predicted molar refractivity (Wildman–Crippen MR) is 100 cm³/mol. The number of amides is 4. The molecule has 1 aromatic carbocycles. The van der Waals surface area contributed by atoms with E-state index < -0.39 is 35.7 Å². The van der Waals surface area contributed by atoms with Gasteiger partial charge in [-0.05, 0) is 51.8 Å². The van der Waals surface area contributed by atoms with Gasteiger partial charge in [0.15, 0.2) is 0 Å². The molecule has 1 N–H and O–H groups in total. The highest BCUT2D eigenvalue weighted by atomic mass is 19.1. The van der Waals surface area contributed by atoms with Gasteiger partial charge in [0.05, 0.1) is 0 Å². The Morgan fingerprint density at radius 1 is 1.18 bits per heavy atom. The number of rotatable bonds is 7. The number of urea groups is 1. The molecule has 1 aliphatic rings. The van der Waals surface area contributed by atoms with Crippen LogP contribution in [0.3, 0.4) is 0 Å². The molecule has 0 aromatic heterocycles. The number of benzene rings is 1. The van der Waals surface area contributed by atoms with Crippen LogP contribution in [-0.2, 0) is 15.1 Å². The van der Waals surface area contributed by atoms with E-state index >= 15 is 0 Å². The molecular formula is C20H27F2N3O3. The van der Waals surface area contributed by atoms with E-state index in [2.05, 4.69) is 5.32 Å². The summed E-state index contributed by atoms with van der Waals surface area (Å²) in [5.74, 6) is -2.69. The van der Waals surface area contributed by atoms with E-state index in [0.29, 0.717) is 0 Å². The van der Waals surface area contributed by atoms with E-state index in [0.717, 1.165) is 35.9 Å². The number of carbonyl (C=O) groups excluding carboxylic acids is 3. The zero-order valence-electron chi connectivity index (χ0n) is 16.9. The second-order valence-corrected chi connectivity index (χ2v) is 7.39. The Kier molecular flexibility index (Phi) is 6.41. The molecule has 4 amide bonds. The molecule has 1 heterocycles. The Morgan fingerprint density at radius 3 is 2.29 bits per heavy atom. The topological polar surface area (TPSA) is 69.7 Å². The van der Waals surface area contributed by atoms with E-state index in [1.54, 1.807) is 4.90 Å². The number of nitrogens with one attached hydrogen (secondary N) is 1. The van der Waals surface area contributed by atoms with E-state index in [4.69, 9.17) is 0 Å². The molecule has 0 bridgehead atoms. The maximum Gasteiger partial charge on any atom is 0.325 e. The lowest BCUT2D eigenvalue weighted by Crippen LogP contribution is -2.50. The van der Waals surface area contributed by atoms with Crippen molar-refractivity contribution in [1.29, 1.82) is 0 Å². The molecule has 1 aliphatic heterocycles. The molecule has 1 fully saturated rings. The van der Waals surface area contributed by atoms with Crippen molar-refractivity contribution in [3.63, 3.8) is 0 Å². The van der Waals surface area contributed by atoms with Gasteiger partial charge in [-0.1, -0.05) is 13.8 Å². The van der Waals surface area contributed by atoms with Gasteiger partial charge < -0.3 is 10.2 Å². The summed E-state index contributed by atoms with van der Waals surface area (Å²) in [5, 5.41) is 2.41. The summed E-state index contributed by atoms with van der Waals surface area (Å²) in [6.45, 7) is 8.56. The Balaban J connectivity index is 2.30. The molecule has 2 rings (SSSR count). The summed E-state index contributed by atoms with van der Waals surface area (Å²) in [6, 6.07) is 1.78. The van der Waals surface area contributed by atoms with Crippen molar-refractivity contribution >= 4 is 17.8 Å². The predicted octanol–water partition coefficient (Wildman–Crippen LogP) is 3.16. The molecule has 1 saturated heterocycles. The van der Waals surface area contributed by atoms with Crippen molar-refractivity contribution in [1.82, 2.24) is 15.1 Å². The Morgan fingerprint density at radius 2 is 1.75 bits per heavy atom. The van der Waals surface area contributed by atoms with E-state index in [1.807, 2.05) is 27.7 Å². The van der Waals surface area contributed by atoms with Crippen LogP contribution in [0.15, 0.2) is 18.2 Å². The lowest BCUT2D eigenvalue weighted by atomic mass is 9.91. The molecule has 0 spiro atoms. The van der Waals surface area contributed by atoms with Crippen LogP contribution >= 0.6 is 0 Å². The normalized spacial score (nSPS) is 21.5. The number of hydrogen-bond acceptors (Lipinski definition) is 3. The summed E-state index contributed by atoms with van der Waals surface area (Å²) in [5.41, 5.74) is -2.05. The number of halogens is 2. The fourth-order valence-electron chi connectivity index (χ4n) is 3.44. The average Bonchev–Trinajstić information content (AvgIpc) is 2.87. The third kappa shape index (κ3) is 3.86. The number of imide groups is 1. The highest BCUT2D eigenvalue weighted by Gasteiger charge is 2.51. The zero-order valence-corrected chi connectivity index (χ0v) is 16.9. The SMILES string of the molecule is CC[C@@H](C)N(C(=O)CN1C(=O)N[C@](C)(c2cc(F)ccc2F)C1=O)[C@@H](C)CC. The van der Waals surface area contributed by atoms with Gasteiger partial charge in [0.1, 0.15) is 23.7 Å². The monoisotopic (exact) mass is 395 g/mol. The minimum absolute atomic E-state index is 0.0599. The third-order valence-corrected chi connectivity index (χ3v) is 5.45. The lowest BCUT2D eigenvalue weighted by Gasteiger charge is -2.35. The molecule has 0 aliphatic carbocycles. The molecule has 8 heteroatoms. The zero-order chi connectivity index (χ0) is 21.2. The maximum absolute atomic E-state index is 14.2. The highest BCUT2D eigenvalue weighted by molar-refractivity contribution is 6.09. The summed E-state index contributed by atoms with van der Waals surface area (Å²) >= 11 is 0. The molecule has 0 saturated carbocycles. The molecule has 1 aromatic rings. The first-order valence-corrected chi connectivity index (χ1v) is 9.47. The summed E-state index contributed by atoms with van der Waals surface area (Å²) in [6.07, 6.45) is 1.45. The number of carbonyl (C=O) groups is 3. The molecule has 6 nitrogen and oxygen atoms in total. The second kappa shape index (κ2) is 8.24. The maximum atomic E-state index is 14.2. The fraction of sp³-hybridized carbons (Fsp3) is 0.550. The first-order valence-electron chi connectivity index (χ1n) is 9.47. The molecule has 0 unspecified atom stereocenters. The first kappa shape index (κ1) is 21.8. The minimum atomic E-state index is -1.78. The lowest BCUT2D eigenvalue weighted by molar-refractivity contribution is -0.141. The van der Waals surface area contributed by atoms with Gasteiger partial charge in [0.25, 0.3) is 5.91 Å². The summed E-state index contributed by atoms with van der Waals surface area (Å²) in [7, 11) is 0. The van der Waals surface area contributed by atoms with Crippen LogP contribution in [0, 0.1) is 11.6 Å². The first-order chi connectivity index (χ1) is 13.1. The van der Waals surface area contributed by atoms with Crippen molar-refractivity contribution in [3.8, 4) is 0 Å². The molecule has 28 heavy (non-hydrogen) atoms. The van der Waals surface area contributed by atoms with Crippen molar-refractivity contribution in [3.05, 3.63) is 35.4 Å². The van der Waals surface area contributed by atoms with Crippen molar-refractivity contribution in [2.75, 3.05) is 6.54 Å². The van der Waals surface area contributed by atoms with Crippen molar-refractivity contribution < 1.29 is 23.2 Å². The van der Waals surface area contributed by atoms with Crippen molar-refractivity contribution in [2.45, 2.75) is 65.1 Å². The van der Waals surface area contributed by atoms with Gasteiger partial charge in [-0.3, -0.25) is 14.5 Å². The Bertz CT molecular complexity index is 776. The van der Waals surface area contributed by atoms with Gasteiger partial charge in [-0.2, -0.15) is 0 Å². The van der Waals surface area contributed by atoms with Crippen LogP contribution in [-0.4, -0.2) is 46.3 Å². The van der Waals surface area contributed by atoms with Crippen LogP contribution in [0.2, 0.25) is 0 Å². The van der Waals surface area contributed by atoms with Gasteiger partial charge >= 0.3 is 6.03 Å². The van der Waals surface area contributed by atoms with Crippen molar-refractivity contribution in [2.24, 2.45) is 0 Å². The number of hydrogen-bond donors (Lipinski definition) is 1. The standard InChI is InChI=1S/C20H27F2N3O3/c1-6-12(3)25(13(4)7-2)17(26)11-24-18(27)20(5,23-19(24)28)15-10-14(21)8-9-16(15)22/h8-10,12-13H,6-7,11H2,1-5H3,(H,23,28)/t12-,13+,20-/m1/s1.